The first-order valence-electron chi connectivity index (χ1n) is 7.88. The molecule has 3 aromatic rings. The lowest BCUT2D eigenvalue weighted by Gasteiger charge is -2.08. The van der Waals surface area contributed by atoms with Gasteiger partial charge in [-0.25, -0.2) is 0 Å². The molecule has 1 aromatic heterocycles. The highest BCUT2D eigenvalue weighted by Gasteiger charge is 2.11. The fourth-order valence-corrected chi connectivity index (χ4v) is 2.33. The number of para-hydroxylation sites is 1. The molecular weight excluding hydrogens is 332 g/mol. The average Bonchev–Trinajstić information content (AvgIpc) is 2.69. The molecule has 7 heteroatoms. The summed E-state index contributed by atoms with van der Waals surface area (Å²) in [7, 11) is 1.55. The van der Waals surface area contributed by atoms with Crippen molar-refractivity contribution in [2.45, 2.75) is 0 Å². The van der Waals surface area contributed by atoms with Crippen molar-refractivity contribution in [2.75, 3.05) is 12.4 Å². The molecule has 1 heterocycles. The third-order valence-corrected chi connectivity index (χ3v) is 3.67. The minimum absolute atomic E-state index is 0.101. The number of hydrogen-bond donors (Lipinski definition) is 2. The Bertz CT molecular complexity index is 995. The van der Waals surface area contributed by atoms with Gasteiger partial charge in [0.2, 0.25) is 0 Å². The van der Waals surface area contributed by atoms with Crippen molar-refractivity contribution in [3.05, 3.63) is 88.3 Å². The third kappa shape index (κ3) is 3.67. The monoisotopic (exact) mass is 348 g/mol. The molecule has 0 saturated heterocycles. The molecule has 0 fully saturated rings. The number of amides is 2. The highest BCUT2D eigenvalue weighted by Crippen LogP contribution is 2.11. The van der Waals surface area contributed by atoms with E-state index in [2.05, 4.69) is 15.7 Å². The summed E-state index contributed by atoms with van der Waals surface area (Å²) in [5.74, 6) is -0.665. The van der Waals surface area contributed by atoms with Gasteiger partial charge in [0, 0.05) is 24.4 Å². The van der Waals surface area contributed by atoms with E-state index in [0.29, 0.717) is 16.9 Å². The zero-order chi connectivity index (χ0) is 18.5. The molecule has 0 aliphatic carbocycles. The van der Waals surface area contributed by atoms with Crippen LogP contribution >= 0.6 is 0 Å². The summed E-state index contributed by atoms with van der Waals surface area (Å²) in [6.07, 6.45) is 0. The Hall–Kier alpha value is -3.74. The highest BCUT2D eigenvalue weighted by atomic mass is 16.2. The van der Waals surface area contributed by atoms with E-state index in [9.17, 15) is 14.4 Å². The van der Waals surface area contributed by atoms with E-state index >= 15 is 0 Å². The zero-order valence-electron chi connectivity index (χ0n) is 14.0. The lowest BCUT2D eigenvalue weighted by atomic mass is 10.2. The molecule has 0 unspecified atom stereocenters. The predicted octanol–water partition coefficient (Wildman–Crippen LogP) is 1.84. The van der Waals surface area contributed by atoms with Gasteiger partial charge < -0.3 is 10.6 Å². The molecule has 0 radical (unpaired) electrons. The molecule has 7 nitrogen and oxygen atoms in total. The quantitative estimate of drug-likeness (QED) is 0.752. The number of benzene rings is 2. The van der Waals surface area contributed by atoms with Crippen molar-refractivity contribution in [3.63, 3.8) is 0 Å². The number of nitrogens with one attached hydrogen (secondary N) is 2. The summed E-state index contributed by atoms with van der Waals surface area (Å²) in [6, 6.07) is 18.0. The number of rotatable bonds is 4. The summed E-state index contributed by atoms with van der Waals surface area (Å²) < 4.78 is 1.17. The van der Waals surface area contributed by atoms with Gasteiger partial charge in [0.25, 0.3) is 17.4 Å². The standard InChI is InChI=1S/C19H16N4O3/c1-20-18(25)13-7-9-14(10-8-13)21-19(26)16-11-12-17(24)23(22-16)15-5-3-2-4-6-15/h2-12H,1H3,(H,20,25)(H,21,26). The summed E-state index contributed by atoms with van der Waals surface area (Å²) in [5, 5.41) is 9.34. The lowest BCUT2D eigenvalue weighted by molar-refractivity contribution is 0.0962. The SMILES string of the molecule is CNC(=O)c1ccc(NC(=O)c2ccc(=O)n(-c3ccccc3)n2)cc1. The molecule has 130 valence electrons. The van der Waals surface area contributed by atoms with Crippen molar-refractivity contribution < 1.29 is 9.59 Å². The van der Waals surface area contributed by atoms with Crippen LogP contribution in [0.3, 0.4) is 0 Å². The molecule has 0 spiro atoms. The van der Waals surface area contributed by atoms with Gasteiger partial charge in [0.1, 0.15) is 5.69 Å². The van der Waals surface area contributed by atoms with Gasteiger partial charge in [-0.2, -0.15) is 9.78 Å². The van der Waals surface area contributed by atoms with Crippen LogP contribution in [0.1, 0.15) is 20.8 Å². The Morgan fingerprint density at radius 1 is 0.885 bits per heavy atom. The molecule has 0 bridgehead atoms. The minimum atomic E-state index is -0.456. The Morgan fingerprint density at radius 3 is 2.23 bits per heavy atom. The first-order chi connectivity index (χ1) is 12.6. The van der Waals surface area contributed by atoms with E-state index in [1.165, 1.54) is 16.8 Å². The van der Waals surface area contributed by atoms with Crippen LogP contribution in [0.25, 0.3) is 5.69 Å². The molecule has 0 atom stereocenters. The van der Waals surface area contributed by atoms with Crippen LogP contribution in [0.4, 0.5) is 5.69 Å². The molecule has 26 heavy (non-hydrogen) atoms. The van der Waals surface area contributed by atoms with Crippen molar-refractivity contribution in [3.8, 4) is 5.69 Å². The number of nitrogens with zero attached hydrogens (tertiary/aromatic N) is 2. The van der Waals surface area contributed by atoms with E-state index in [1.807, 2.05) is 6.07 Å². The van der Waals surface area contributed by atoms with Gasteiger partial charge in [0.15, 0.2) is 0 Å². The Balaban J connectivity index is 1.82. The number of carbonyl (C=O) groups is 2. The van der Waals surface area contributed by atoms with Crippen LogP contribution in [0.2, 0.25) is 0 Å². The smallest absolute Gasteiger partial charge is 0.276 e. The molecule has 0 saturated carbocycles. The molecule has 0 aliphatic rings. The molecule has 2 amide bonds. The normalized spacial score (nSPS) is 10.2. The van der Waals surface area contributed by atoms with Gasteiger partial charge >= 0.3 is 0 Å². The maximum atomic E-state index is 12.4. The van der Waals surface area contributed by atoms with Crippen molar-refractivity contribution in [1.82, 2.24) is 15.1 Å². The number of aromatic nitrogens is 2. The molecular formula is C19H16N4O3. The third-order valence-electron chi connectivity index (χ3n) is 3.67. The van der Waals surface area contributed by atoms with Crippen molar-refractivity contribution in [1.29, 1.82) is 0 Å². The molecule has 3 rings (SSSR count). The van der Waals surface area contributed by atoms with Crippen molar-refractivity contribution in [2.24, 2.45) is 0 Å². The van der Waals surface area contributed by atoms with Crippen LogP contribution in [-0.2, 0) is 0 Å². The van der Waals surface area contributed by atoms with Crippen LogP contribution in [-0.4, -0.2) is 28.6 Å². The second-order valence-corrected chi connectivity index (χ2v) is 5.41. The Morgan fingerprint density at radius 2 is 1.58 bits per heavy atom. The lowest BCUT2D eigenvalue weighted by Crippen LogP contribution is -2.24. The summed E-state index contributed by atoms with van der Waals surface area (Å²) in [6.45, 7) is 0. The predicted molar refractivity (Wildman–Crippen MR) is 97.6 cm³/mol. The number of anilines is 1. The van der Waals surface area contributed by atoms with Gasteiger partial charge in [-0.1, -0.05) is 18.2 Å². The van der Waals surface area contributed by atoms with Gasteiger partial charge in [0.05, 0.1) is 5.69 Å². The van der Waals surface area contributed by atoms with Crippen LogP contribution in [0.15, 0.2) is 71.5 Å². The summed E-state index contributed by atoms with van der Waals surface area (Å²) in [5.41, 5.74) is 1.34. The summed E-state index contributed by atoms with van der Waals surface area (Å²) in [4.78, 5) is 36.0. The van der Waals surface area contributed by atoms with Crippen LogP contribution in [0.5, 0.6) is 0 Å². The van der Waals surface area contributed by atoms with E-state index in [-0.39, 0.29) is 17.2 Å². The first kappa shape index (κ1) is 17.1. The maximum Gasteiger partial charge on any atom is 0.276 e. The fraction of sp³-hybridized carbons (Fsp3) is 0.0526. The van der Waals surface area contributed by atoms with E-state index in [4.69, 9.17) is 0 Å². The maximum absolute atomic E-state index is 12.4. The minimum Gasteiger partial charge on any atom is -0.355 e. The zero-order valence-corrected chi connectivity index (χ0v) is 14.0. The summed E-state index contributed by atoms with van der Waals surface area (Å²) >= 11 is 0. The fourth-order valence-electron chi connectivity index (χ4n) is 2.33. The number of carbonyl (C=O) groups excluding carboxylic acids is 2. The topological polar surface area (TPSA) is 93.1 Å². The largest absolute Gasteiger partial charge is 0.355 e. The molecule has 2 aromatic carbocycles. The second-order valence-electron chi connectivity index (χ2n) is 5.41. The Labute approximate surface area is 149 Å². The van der Waals surface area contributed by atoms with E-state index in [1.54, 1.807) is 55.6 Å². The highest BCUT2D eigenvalue weighted by molar-refractivity contribution is 6.03. The van der Waals surface area contributed by atoms with Crippen LogP contribution in [0, 0.1) is 0 Å². The first-order valence-corrected chi connectivity index (χ1v) is 7.88. The van der Waals surface area contributed by atoms with Gasteiger partial charge in [-0.15, -0.1) is 0 Å². The van der Waals surface area contributed by atoms with Gasteiger partial charge in [-0.05, 0) is 42.5 Å². The average molecular weight is 348 g/mol. The second kappa shape index (κ2) is 7.43. The van der Waals surface area contributed by atoms with Crippen molar-refractivity contribution >= 4 is 17.5 Å². The molecule has 0 aliphatic heterocycles. The Kier molecular flexibility index (Phi) is 4.89. The van der Waals surface area contributed by atoms with E-state index < -0.39 is 5.91 Å². The van der Waals surface area contributed by atoms with Crippen LogP contribution < -0.4 is 16.2 Å². The molecule has 2 N–H and O–H groups in total. The number of hydrogen-bond acceptors (Lipinski definition) is 4. The van der Waals surface area contributed by atoms with Gasteiger partial charge in [-0.3, -0.25) is 14.4 Å². The van der Waals surface area contributed by atoms with E-state index in [0.717, 1.165) is 0 Å².